The van der Waals surface area contributed by atoms with E-state index in [0.29, 0.717) is 32.2 Å². The minimum atomic E-state index is -0.416. The van der Waals surface area contributed by atoms with E-state index in [1.807, 2.05) is 6.92 Å². The summed E-state index contributed by atoms with van der Waals surface area (Å²) in [6.45, 7) is 4.03. The standard InChI is InChI=1S/C13H19NO4/c1-10(11-2-3-11)8-13(16)18-9-12(15)14-4-6-17-7-5-14/h8,11H,2-7,9H2,1H3/b10-8-. The molecule has 0 bridgehead atoms. The molecular weight excluding hydrogens is 234 g/mol. The molecule has 0 aromatic heterocycles. The monoisotopic (exact) mass is 253 g/mol. The van der Waals surface area contributed by atoms with Crippen LogP contribution in [0.1, 0.15) is 19.8 Å². The number of hydrogen-bond acceptors (Lipinski definition) is 4. The maximum atomic E-state index is 11.7. The van der Waals surface area contributed by atoms with Gasteiger partial charge in [-0.05, 0) is 25.7 Å². The number of rotatable bonds is 4. The Bertz CT molecular complexity index is 354. The van der Waals surface area contributed by atoms with Crippen molar-refractivity contribution in [3.63, 3.8) is 0 Å². The largest absolute Gasteiger partial charge is 0.452 e. The molecule has 1 aliphatic carbocycles. The minimum absolute atomic E-state index is 0.149. The molecule has 5 nitrogen and oxygen atoms in total. The van der Waals surface area contributed by atoms with E-state index in [1.165, 1.54) is 6.08 Å². The average Bonchev–Trinajstić information content (AvgIpc) is 3.21. The first kappa shape index (κ1) is 13.1. The summed E-state index contributed by atoms with van der Waals surface area (Å²) in [7, 11) is 0. The molecule has 1 saturated carbocycles. The van der Waals surface area contributed by atoms with E-state index in [9.17, 15) is 9.59 Å². The van der Waals surface area contributed by atoms with Crippen LogP contribution in [0.15, 0.2) is 11.6 Å². The Morgan fingerprint density at radius 1 is 1.33 bits per heavy atom. The Morgan fingerprint density at radius 3 is 2.61 bits per heavy atom. The fraction of sp³-hybridized carbons (Fsp3) is 0.692. The molecule has 2 rings (SSSR count). The second kappa shape index (κ2) is 6.00. The van der Waals surface area contributed by atoms with Crippen LogP contribution >= 0.6 is 0 Å². The Hall–Kier alpha value is -1.36. The van der Waals surface area contributed by atoms with Crippen LogP contribution in [-0.4, -0.2) is 49.7 Å². The van der Waals surface area contributed by atoms with Gasteiger partial charge in [-0.1, -0.05) is 5.57 Å². The van der Waals surface area contributed by atoms with Gasteiger partial charge in [0.15, 0.2) is 6.61 Å². The van der Waals surface area contributed by atoms with Gasteiger partial charge in [-0.2, -0.15) is 0 Å². The highest BCUT2D eigenvalue weighted by atomic mass is 16.5. The summed E-state index contributed by atoms with van der Waals surface area (Å²) in [5.74, 6) is -0.0161. The number of hydrogen-bond donors (Lipinski definition) is 0. The van der Waals surface area contributed by atoms with E-state index in [2.05, 4.69) is 0 Å². The van der Waals surface area contributed by atoms with Gasteiger partial charge in [0.1, 0.15) is 0 Å². The lowest BCUT2D eigenvalue weighted by molar-refractivity contribution is -0.150. The predicted octanol–water partition coefficient (Wildman–Crippen LogP) is 0.745. The Kier molecular flexibility index (Phi) is 4.36. The third-order valence-corrected chi connectivity index (χ3v) is 3.27. The van der Waals surface area contributed by atoms with Crippen molar-refractivity contribution < 1.29 is 19.1 Å². The molecule has 100 valence electrons. The summed E-state index contributed by atoms with van der Waals surface area (Å²) in [5.41, 5.74) is 1.05. The van der Waals surface area contributed by atoms with Crippen LogP contribution in [-0.2, 0) is 19.1 Å². The number of morpholine rings is 1. The first-order valence-corrected chi connectivity index (χ1v) is 6.37. The quantitative estimate of drug-likeness (QED) is 0.548. The number of allylic oxidation sites excluding steroid dienone is 1. The molecular formula is C13H19NO4. The highest BCUT2D eigenvalue weighted by Crippen LogP contribution is 2.35. The van der Waals surface area contributed by atoms with Crippen LogP contribution in [0.4, 0.5) is 0 Å². The molecule has 0 N–H and O–H groups in total. The third-order valence-electron chi connectivity index (χ3n) is 3.27. The number of amides is 1. The maximum absolute atomic E-state index is 11.7. The Balaban J connectivity index is 1.71. The number of carbonyl (C=O) groups is 2. The first-order chi connectivity index (χ1) is 8.66. The molecule has 5 heteroatoms. The van der Waals surface area contributed by atoms with Crippen molar-refractivity contribution in [2.45, 2.75) is 19.8 Å². The second-order valence-corrected chi connectivity index (χ2v) is 4.76. The number of nitrogens with zero attached hydrogens (tertiary/aromatic N) is 1. The summed E-state index contributed by atoms with van der Waals surface area (Å²) >= 11 is 0. The zero-order chi connectivity index (χ0) is 13.0. The summed E-state index contributed by atoms with van der Waals surface area (Å²) in [6.07, 6.45) is 3.81. The van der Waals surface area contributed by atoms with Gasteiger partial charge >= 0.3 is 5.97 Å². The van der Waals surface area contributed by atoms with Gasteiger partial charge in [-0.15, -0.1) is 0 Å². The third kappa shape index (κ3) is 3.84. The number of carbonyl (C=O) groups excluding carboxylic acids is 2. The number of esters is 1. The van der Waals surface area contributed by atoms with Crippen LogP contribution in [0.5, 0.6) is 0 Å². The summed E-state index contributed by atoms with van der Waals surface area (Å²) in [4.78, 5) is 24.8. The van der Waals surface area contributed by atoms with Gasteiger partial charge in [0.25, 0.3) is 5.91 Å². The van der Waals surface area contributed by atoms with Crippen molar-refractivity contribution in [1.82, 2.24) is 4.90 Å². The zero-order valence-electron chi connectivity index (χ0n) is 10.7. The summed E-state index contributed by atoms with van der Waals surface area (Å²) < 4.78 is 10.1. The van der Waals surface area contributed by atoms with E-state index in [4.69, 9.17) is 9.47 Å². The fourth-order valence-corrected chi connectivity index (χ4v) is 1.92. The van der Waals surface area contributed by atoms with Gasteiger partial charge in [0.05, 0.1) is 13.2 Å². The molecule has 2 aliphatic rings. The van der Waals surface area contributed by atoms with E-state index in [-0.39, 0.29) is 12.5 Å². The van der Waals surface area contributed by atoms with Crippen molar-refractivity contribution in [2.75, 3.05) is 32.9 Å². The minimum Gasteiger partial charge on any atom is -0.452 e. The SMILES string of the molecule is C/C(=C/C(=O)OCC(=O)N1CCOCC1)C1CC1. The van der Waals surface area contributed by atoms with Crippen LogP contribution in [0.25, 0.3) is 0 Å². The molecule has 1 amide bonds. The van der Waals surface area contributed by atoms with Crippen molar-refractivity contribution in [3.05, 3.63) is 11.6 Å². The summed E-state index contributed by atoms with van der Waals surface area (Å²) in [6, 6.07) is 0. The predicted molar refractivity (Wildman–Crippen MR) is 64.8 cm³/mol. The highest BCUT2D eigenvalue weighted by molar-refractivity contribution is 5.86. The van der Waals surface area contributed by atoms with Gasteiger partial charge in [0.2, 0.25) is 0 Å². The zero-order valence-corrected chi connectivity index (χ0v) is 10.7. The van der Waals surface area contributed by atoms with Crippen molar-refractivity contribution in [1.29, 1.82) is 0 Å². The van der Waals surface area contributed by atoms with Gasteiger partial charge in [0, 0.05) is 19.2 Å². The molecule has 0 aromatic rings. The van der Waals surface area contributed by atoms with E-state index in [0.717, 1.165) is 18.4 Å². The van der Waals surface area contributed by atoms with E-state index in [1.54, 1.807) is 4.90 Å². The lowest BCUT2D eigenvalue weighted by atomic mass is 10.2. The van der Waals surface area contributed by atoms with Crippen LogP contribution in [0, 0.1) is 5.92 Å². The Labute approximate surface area is 107 Å². The van der Waals surface area contributed by atoms with Gasteiger partial charge < -0.3 is 14.4 Å². The van der Waals surface area contributed by atoms with Gasteiger partial charge in [-0.25, -0.2) is 4.79 Å². The summed E-state index contributed by atoms with van der Waals surface area (Å²) in [5, 5.41) is 0. The van der Waals surface area contributed by atoms with Gasteiger partial charge in [-0.3, -0.25) is 4.79 Å². The number of ether oxygens (including phenoxy) is 2. The maximum Gasteiger partial charge on any atom is 0.331 e. The molecule has 1 saturated heterocycles. The lowest BCUT2D eigenvalue weighted by Gasteiger charge is -2.26. The highest BCUT2D eigenvalue weighted by Gasteiger charge is 2.24. The topological polar surface area (TPSA) is 55.8 Å². The van der Waals surface area contributed by atoms with Crippen LogP contribution in [0.3, 0.4) is 0 Å². The van der Waals surface area contributed by atoms with Crippen molar-refractivity contribution in [2.24, 2.45) is 5.92 Å². The molecule has 1 heterocycles. The van der Waals surface area contributed by atoms with Crippen LogP contribution < -0.4 is 0 Å². The van der Waals surface area contributed by atoms with E-state index < -0.39 is 5.97 Å². The first-order valence-electron chi connectivity index (χ1n) is 6.37. The normalized spacial score (nSPS) is 20.7. The molecule has 0 unspecified atom stereocenters. The van der Waals surface area contributed by atoms with Crippen LogP contribution in [0.2, 0.25) is 0 Å². The molecule has 0 spiro atoms. The van der Waals surface area contributed by atoms with Crippen molar-refractivity contribution in [3.8, 4) is 0 Å². The molecule has 18 heavy (non-hydrogen) atoms. The van der Waals surface area contributed by atoms with Crippen molar-refractivity contribution >= 4 is 11.9 Å². The Morgan fingerprint density at radius 2 is 2.00 bits per heavy atom. The molecule has 1 aliphatic heterocycles. The molecule has 0 radical (unpaired) electrons. The fourth-order valence-electron chi connectivity index (χ4n) is 1.92. The molecule has 0 aromatic carbocycles. The molecule has 0 atom stereocenters. The smallest absolute Gasteiger partial charge is 0.331 e. The lowest BCUT2D eigenvalue weighted by Crippen LogP contribution is -2.42. The molecule has 2 fully saturated rings. The second-order valence-electron chi connectivity index (χ2n) is 4.76. The average molecular weight is 253 g/mol. The van der Waals surface area contributed by atoms with E-state index >= 15 is 0 Å².